The van der Waals surface area contributed by atoms with E-state index in [-0.39, 0.29) is 0 Å². The summed E-state index contributed by atoms with van der Waals surface area (Å²) < 4.78 is 7.67. The van der Waals surface area contributed by atoms with Crippen LogP contribution in [0.1, 0.15) is 22.3 Å². The molecule has 270 valence electrons. The van der Waals surface area contributed by atoms with Crippen LogP contribution in [0.15, 0.2) is 206 Å². The van der Waals surface area contributed by atoms with Crippen molar-refractivity contribution in [1.29, 1.82) is 0 Å². The van der Waals surface area contributed by atoms with Crippen LogP contribution in [0.25, 0.3) is 86.3 Å². The summed E-state index contributed by atoms with van der Waals surface area (Å²) in [4.78, 5) is 0. The predicted octanol–water partition coefficient (Wildman–Crippen LogP) is 14.6. The second-order valence-electron chi connectivity index (χ2n) is 15.6. The van der Waals surface area contributed by atoms with Crippen LogP contribution >= 0.6 is 11.3 Å². The molecular formula is C55H34N2S. The summed E-state index contributed by atoms with van der Waals surface area (Å²) in [7, 11) is 0. The molecule has 58 heavy (non-hydrogen) atoms. The molecule has 3 aromatic heterocycles. The van der Waals surface area contributed by atoms with Crippen LogP contribution < -0.4 is 0 Å². The van der Waals surface area contributed by atoms with E-state index in [9.17, 15) is 0 Å². The number of hydrogen-bond donors (Lipinski definition) is 0. The Morgan fingerprint density at radius 2 is 0.948 bits per heavy atom. The number of benzene rings is 9. The number of fused-ring (bicyclic) bond motifs is 13. The molecule has 0 aliphatic heterocycles. The largest absolute Gasteiger partial charge is 0.309 e. The van der Waals surface area contributed by atoms with Gasteiger partial charge >= 0.3 is 0 Å². The highest BCUT2D eigenvalue weighted by atomic mass is 32.1. The Morgan fingerprint density at radius 3 is 1.74 bits per heavy atom. The third-order valence-electron chi connectivity index (χ3n) is 12.8. The SMILES string of the molecule is c1ccc(-n2c3cc4c(cc3c3ccc5c6ccccc6sc5c32)c2ccccc2n4-c2ccc3c(c2)C(c2ccccc2)(c2ccccc2)c2ccccc2-3)cc1. The van der Waals surface area contributed by atoms with Crippen LogP contribution in [-0.4, -0.2) is 9.13 Å². The molecular weight excluding hydrogens is 721 g/mol. The average Bonchev–Trinajstić information content (AvgIpc) is 4.01. The van der Waals surface area contributed by atoms with Crippen molar-refractivity contribution in [3.63, 3.8) is 0 Å². The van der Waals surface area contributed by atoms with Crippen molar-refractivity contribution in [2.24, 2.45) is 0 Å². The van der Waals surface area contributed by atoms with Gasteiger partial charge in [-0.1, -0.05) is 158 Å². The van der Waals surface area contributed by atoms with E-state index in [1.54, 1.807) is 0 Å². The maximum absolute atomic E-state index is 2.51. The van der Waals surface area contributed by atoms with Crippen LogP contribution in [0, 0.1) is 0 Å². The summed E-state index contributed by atoms with van der Waals surface area (Å²) in [5.41, 5.74) is 14.5. The lowest BCUT2D eigenvalue weighted by Gasteiger charge is -2.34. The van der Waals surface area contributed by atoms with Crippen molar-refractivity contribution in [1.82, 2.24) is 9.13 Å². The molecule has 0 radical (unpaired) electrons. The Kier molecular flexibility index (Phi) is 6.56. The van der Waals surface area contributed by atoms with Crippen LogP contribution in [0.2, 0.25) is 0 Å². The van der Waals surface area contributed by atoms with E-state index < -0.39 is 5.41 Å². The van der Waals surface area contributed by atoms with Gasteiger partial charge < -0.3 is 9.13 Å². The topological polar surface area (TPSA) is 9.86 Å². The third kappa shape index (κ3) is 4.16. The molecule has 0 atom stereocenters. The molecule has 0 unspecified atom stereocenters. The van der Waals surface area contributed by atoms with Crippen LogP contribution in [0.3, 0.4) is 0 Å². The Balaban J connectivity index is 1.15. The van der Waals surface area contributed by atoms with Gasteiger partial charge in [-0.3, -0.25) is 0 Å². The van der Waals surface area contributed by atoms with Gasteiger partial charge in [0.2, 0.25) is 0 Å². The van der Waals surface area contributed by atoms with Gasteiger partial charge in [0.05, 0.1) is 32.2 Å². The quantitative estimate of drug-likeness (QED) is 0.169. The van der Waals surface area contributed by atoms with E-state index >= 15 is 0 Å². The molecule has 0 saturated carbocycles. The lowest BCUT2D eigenvalue weighted by Crippen LogP contribution is -2.28. The summed E-state index contributed by atoms with van der Waals surface area (Å²) in [6.07, 6.45) is 0. The minimum absolute atomic E-state index is 0.480. The highest BCUT2D eigenvalue weighted by Crippen LogP contribution is 2.57. The summed E-state index contributed by atoms with van der Waals surface area (Å²) in [6, 6.07) is 76.7. The minimum atomic E-state index is -0.480. The molecule has 13 rings (SSSR count). The summed E-state index contributed by atoms with van der Waals surface area (Å²) in [6.45, 7) is 0. The first-order valence-electron chi connectivity index (χ1n) is 20.0. The van der Waals surface area contributed by atoms with E-state index in [1.165, 1.54) is 103 Å². The Labute approximate surface area is 339 Å². The molecule has 0 spiro atoms. The molecule has 0 N–H and O–H groups in total. The number of aromatic nitrogens is 2. The van der Waals surface area contributed by atoms with E-state index in [2.05, 4.69) is 215 Å². The molecule has 3 heterocycles. The maximum Gasteiger partial charge on any atom is 0.0719 e. The molecule has 1 aliphatic carbocycles. The van der Waals surface area contributed by atoms with Gasteiger partial charge in [0.15, 0.2) is 0 Å². The first-order chi connectivity index (χ1) is 28.8. The number of thiophene rings is 1. The second-order valence-corrected chi connectivity index (χ2v) is 16.7. The highest BCUT2D eigenvalue weighted by Gasteiger charge is 2.46. The molecule has 9 aromatic carbocycles. The second kappa shape index (κ2) is 11.9. The fraction of sp³-hybridized carbons (Fsp3) is 0.0182. The molecule has 3 heteroatoms. The summed E-state index contributed by atoms with van der Waals surface area (Å²) in [5, 5.41) is 7.69. The third-order valence-corrected chi connectivity index (χ3v) is 14.0. The molecule has 0 bridgehead atoms. The first kappa shape index (κ1) is 31.9. The molecule has 2 nitrogen and oxygen atoms in total. The zero-order valence-corrected chi connectivity index (χ0v) is 32.2. The zero-order valence-electron chi connectivity index (χ0n) is 31.4. The van der Waals surface area contributed by atoms with Crippen molar-refractivity contribution in [3.05, 3.63) is 229 Å². The van der Waals surface area contributed by atoms with Crippen molar-refractivity contribution < 1.29 is 0 Å². The Hall–Kier alpha value is -7.20. The van der Waals surface area contributed by atoms with Gasteiger partial charge in [-0.05, 0) is 81.9 Å². The van der Waals surface area contributed by atoms with Crippen molar-refractivity contribution >= 4 is 75.1 Å². The van der Waals surface area contributed by atoms with Crippen molar-refractivity contribution in [2.75, 3.05) is 0 Å². The first-order valence-corrected chi connectivity index (χ1v) is 20.8. The summed E-state index contributed by atoms with van der Waals surface area (Å²) >= 11 is 1.90. The summed E-state index contributed by atoms with van der Waals surface area (Å²) in [5.74, 6) is 0. The van der Waals surface area contributed by atoms with Gasteiger partial charge in [0.1, 0.15) is 0 Å². The normalized spacial score (nSPS) is 13.3. The van der Waals surface area contributed by atoms with Crippen molar-refractivity contribution in [2.45, 2.75) is 5.41 Å². The molecule has 1 aliphatic rings. The average molecular weight is 755 g/mol. The monoisotopic (exact) mass is 754 g/mol. The minimum Gasteiger partial charge on any atom is -0.309 e. The number of nitrogens with zero attached hydrogens (tertiary/aromatic N) is 2. The smallest absolute Gasteiger partial charge is 0.0719 e. The molecule has 0 fully saturated rings. The molecule has 0 amide bonds. The van der Waals surface area contributed by atoms with Crippen LogP contribution in [0.5, 0.6) is 0 Å². The van der Waals surface area contributed by atoms with Gasteiger partial charge in [-0.25, -0.2) is 0 Å². The van der Waals surface area contributed by atoms with E-state index in [0.29, 0.717) is 0 Å². The standard InChI is InChI=1S/C55H34N2S/c1-4-16-35(17-5-1)55(36-18-6-2-7-19-36)47-25-13-10-22-39(47)40-29-28-38(32-48(40)55)56-49-26-14-11-23-41(49)45-33-46-43-30-31-44-42-24-12-15-27-52(42)58-54(44)53(43)57(51(46)34-50(45)56)37-20-8-3-9-21-37/h1-34H. The lowest BCUT2D eigenvalue weighted by molar-refractivity contribution is 0.767. The van der Waals surface area contributed by atoms with E-state index in [1.807, 2.05) is 11.3 Å². The fourth-order valence-corrected chi connectivity index (χ4v) is 11.7. The number of rotatable bonds is 4. The number of para-hydroxylation sites is 2. The highest BCUT2D eigenvalue weighted by molar-refractivity contribution is 7.26. The van der Waals surface area contributed by atoms with Gasteiger partial charge in [0, 0.05) is 48.4 Å². The lowest BCUT2D eigenvalue weighted by atomic mass is 9.67. The fourth-order valence-electron chi connectivity index (χ4n) is 10.4. The zero-order chi connectivity index (χ0) is 38.0. The molecule has 0 saturated heterocycles. The van der Waals surface area contributed by atoms with Gasteiger partial charge in [0.25, 0.3) is 0 Å². The van der Waals surface area contributed by atoms with Crippen molar-refractivity contribution in [3.8, 4) is 22.5 Å². The van der Waals surface area contributed by atoms with E-state index in [0.717, 1.165) is 5.69 Å². The Bertz CT molecular complexity index is 3570. The van der Waals surface area contributed by atoms with Crippen LogP contribution in [0.4, 0.5) is 0 Å². The number of hydrogen-bond acceptors (Lipinski definition) is 1. The van der Waals surface area contributed by atoms with Crippen LogP contribution in [-0.2, 0) is 5.41 Å². The van der Waals surface area contributed by atoms with E-state index in [4.69, 9.17) is 0 Å². The Morgan fingerprint density at radius 1 is 0.345 bits per heavy atom. The van der Waals surface area contributed by atoms with Gasteiger partial charge in [-0.2, -0.15) is 0 Å². The molecule has 12 aromatic rings. The predicted molar refractivity (Wildman–Crippen MR) is 245 cm³/mol. The maximum atomic E-state index is 2.51. The van der Waals surface area contributed by atoms with Gasteiger partial charge in [-0.15, -0.1) is 11.3 Å².